The molecule has 4 nitrogen and oxygen atoms in total. The molecule has 0 atom stereocenters. The first-order valence-corrected chi connectivity index (χ1v) is 8.70. The number of hydrogen-bond donors (Lipinski definition) is 2. The zero-order chi connectivity index (χ0) is 17.3. The third kappa shape index (κ3) is 5.60. The fraction of sp³-hybridized carbons (Fsp3) is 0.238. The second-order valence-corrected chi connectivity index (χ2v) is 6.12. The highest BCUT2D eigenvalue weighted by Crippen LogP contribution is 2.10. The van der Waals surface area contributed by atoms with Crippen LogP contribution in [0.1, 0.15) is 23.1 Å². The summed E-state index contributed by atoms with van der Waals surface area (Å²) in [6, 6.07) is 20.9. The maximum absolute atomic E-state index is 4.52. The first-order chi connectivity index (χ1) is 12.3. The van der Waals surface area contributed by atoms with Crippen LogP contribution in [-0.4, -0.2) is 16.5 Å². The van der Waals surface area contributed by atoms with Gasteiger partial charge in [0.2, 0.25) is 5.95 Å². The van der Waals surface area contributed by atoms with Crippen LogP contribution in [0.4, 0.5) is 11.8 Å². The molecule has 2 aromatic carbocycles. The highest BCUT2D eigenvalue weighted by Gasteiger charge is 2.00. The number of nitrogens with zero attached hydrogens (tertiary/aromatic N) is 2. The van der Waals surface area contributed by atoms with Gasteiger partial charge in [-0.15, -0.1) is 0 Å². The predicted octanol–water partition coefficient (Wildman–Crippen LogP) is 4.44. The van der Waals surface area contributed by atoms with Crippen LogP contribution in [0.25, 0.3) is 0 Å². The largest absolute Gasteiger partial charge is 0.370 e. The average Bonchev–Trinajstić information content (AvgIpc) is 2.65. The Balaban J connectivity index is 1.46. The van der Waals surface area contributed by atoms with Gasteiger partial charge in [0.15, 0.2) is 0 Å². The van der Waals surface area contributed by atoms with E-state index >= 15 is 0 Å². The van der Waals surface area contributed by atoms with E-state index in [1.54, 1.807) is 6.20 Å². The topological polar surface area (TPSA) is 49.8 Å². The zero-order valence-corrected chi connectivity index (χ0v) is 14.6. The van der Waals surface area contributed by atoms with Gasteiger partial charge in [-0.1, -0.05) is 60.2 Å². The number of aryl methyl sites for hydroxylation is 2. The molecule has 0 unspecified atom stereocenters. The Morgan fingerprint density at radius 1 is 0.880 bits per heavy atom. The summed E-state index contributed by atoms with van der Waals surface area (Å²) in [6.45, 7) is 3.71. The number of rotatable bonds is 8. The predicted molar refractivity (Wildman–Crippen MR) is 104 cm³/mol. The molecule has 0 saturated heterocycles. The lowest BCUT2D eigenvalue weighted by Crippen LogP contribution is -2.08. The third-order valence-corrected chi connectivity index (χ3v) is 3.98. The van der Waals surface area contributed by atoms with Crippen molar-refractivity contribution in [1.82, 2.24) is 9.97 Å². The van der Waals surface area contributed by atoms with Crippen LogP contribution in [0.5, 0.6) is 0 Å². The van der Waals surface area contributed by atoms with Gasteiger partial charge in [0.1, 0.15) is 5.82 Å². The van der Waals surface area contributed by atoms with Crippen LogP contribution in [0.2, 0.25) is 0 Å². The lowest BCUT2D eigenvalue weighted by atomic mass is 10.1. The van der Waals surface area contributed by atoms with E-state index in [0.29, 0.717) is 5.95 Å². The summed E-state index contributed by atoms with van der Waals surface area (Å²) in [6.07, 6.45) is 3.92. The fourth-order valence-electron chi connectivity index (χ4n) is 2.70. The maximum atomic E-state index is 4.52. The molecular formula is C21H24N4. The second-order valence-electron chi connectivity index (χ2n) is 6.12. The lowest BCUT2D eigenvalue weighted by molar-refractivity contribution is 0.857. The molecule has 1 aromatic heterocycles. The van der Waals surface area contributed by atoms with Crippen LogP contribution in [0.15, 0.2) is 66.9 Å². The summed E-state index contributed by atoms with van der Waals surface area (Å²) in [7, 11) is 0. The van der Waals surface area contributed by atoms with Crippen LogP contribution in [0.3, 0.4) is 0 Å². The van der Waals surface area contributed by atoms with Gasteiger partial charge in [-0.05, 0) is 37.0 Å². The van der Waals surface area contributed by atoms with Crippen molar-refractivity contribution in [1.29, 1.82) is 0 Å². The molecule has 2 N–H and O–H groups in total. The minimum atomic E-state index is 0.648. The molecule has 3 aromatic rings. The first-order valence-electron chi connectivity index (χ1n) is 8.70. The average molecular weight is 332 g/mol. The molecular weight excluding hydrogens is 308 g/mol. The molecule has 0 aliphatic rings. The summed E-state index contributed by atoms with van der Waals surface area (Å²) < 4.78 is 0. The highest BCUT2D eigenvalue weighted by molar-refractivity contribution is 5.40. The van der Waals surface area contributed by atoms with Gasteiger partial charge in [-0.2, -0.15) is 4.98 Å². The molecule has 0 aliphatic carbocycles. The molecule has 3 rings (SSSR count). The van der Waals surface area contributed by atoms with E-state index in [0.717, 1.165) is 31.7 Å². The first kappa shape index (κ1) is 17.0. The van der Waals surface area contributed by atoms with Crippen LogP contribution < -0.4 is 10.6 Å². The van der Waals surface area contributed by atoms with E-state index in [9.17, 15) is 0 Å². The Hall–Kier alpha value is -2.88. The second kappa shape index (κ2) is 8.83. The molecule has 0 fully saturated rings. The smallest absolute Gasteiger partial charge is 0.224 e. The van der Waals surface area contributed by atoms with Crippen molar-refractivity contribution < 1.29 is 0 Å². The van der Waals surface area contributed by atoms with Gasteiger partial charge in [0.25, 0.3) is 0 Å². The van der Waals surface area contributed by atoms with E-state index in [1.165, 1.54) is 16.7 Å². The number of anilines is 2. The van der Waals surface area contributed by atoms with Gasteiger partial charge in [0, 0.05) is 19.3 Å². The van der Waals surface area contributed by atoms with E-state index in [4.69, 9.17) is 0 Å². The summed E-state index contributed by atoms with van der Waals surface area (Å²) in [5.41, 5.74) is 3.85. The summed E-state index contributed by atoms with van der Waals surface area (Å²) in [4.78, 5) is 8.81. The zero-order valence-electron chi connectivity index (χ0n) is 14.6. The molecule has 0 amide bonds. The van der Waals surface area contributed by atoms with E-state index < -0.39 is 0 Å². The van der Waals surface area contributed by atoms with Crippen LogP contribution in [0, 0.1) is 6.92 Å². The van der Waals surface area contributed by atoms with Crippen molar-refractivity contribution in [3.63, 3.8) is 0 Å². The van der Waals surface area contributed by atoms with E-state index in [-0.39, 0.29) is 0 Å². The number of hydrogen-bond acceptors (Lipinski definition) is 4. The Labute approximate surface area is 149 Å². The van der Waals surface area contributed by atoms with E-state index in [1.807, 2.05) is 12.1 Å². The lowest BCUT2D eigenvalue weighted by Gasteiger charge is -2.09. The van der Waals surface area contributed by atoms with Gasteiger partial charge in [0.05, 0.1) is 0 Å². The molecule has 4 heteroatoms. The minimum absolute atomic E-state index is 0.648. The van der Waals surface area contributed by atoms with Crippen molar-refractivity contribution in [3.8, 4) is 0 Å². The Morgan fingerprint density at radius 2 is 1.72 bits per heavy atom. The van der Waals surface area contributed by atoms with Crippen molar-refractivity contribution in [2.75, 3.05) is 17.2 Å². The number of benzene rings is 2. The summed E-state index contributed by atoms with van der Waals surface area (Å²) in [5, 5.41) is 6.65. The Morgan fingerprint density at radius 3 is 2.56 bits per heavy atom. The van der Waals surface area contributed by atoms with Crippen LogP contribution in [-0.2, 0) is 13.0 Å². The molecule has 0 radical (unpaired) electrons. The molecule has 25 heavy (non-hydrogen) atoms. The van der Waals surface area contributed by atoms with Gasteiger partial charge >= 0.3 is 0 Å². The van der Waals surface area contributed by atoms with Crippen LogP contribution >= 0.6 is 0 Å². The summed E-state index contributed by atoms with van der Waals surface area (Å²) >= 11 is 0. The maximum Gasteiger partial charge on any atom is 0.224 e. The third-order valence-electron chi connectivity index (χ3n) is 3.98. The molecule has 0 saturated carbocycles. The normalized spacial score (nSPS) is 10.4. The van der Waals surface area contributed by atoms with Crippen molar-refractivity contribution in [2.45, 2.75) is 26.3 Å². The summed E-state index contributed by atoms with van der Waals surface area (Å²) in [5.74, 6) is 1.50. The van der Waals surface area contributed by atoms with Gasteiger partial charge in [-0.3, -0.25) is 0 Å². The van der Waals surface area contributed by atoms with Crippen molar-refractivity contribution in [3.05, 3.63) is 83.6 Å². The van der Waals surface area contributed by atoms with Crippen molar-refractivity contribution >= 4 is 11.8 Å². The SMILES string of the molecule is Cc1cccc(CNc2nccc(NCCCc3ccccc3)n2)c1. The van der Waals surface area contributed by atoms with Gasteiger partial charge < -0.3 is 10.6 Å². The molecule has 1 heterocycles. The number of nitrogens with one attached hydrogen (secondary N) is 2. The van der Waals surface area contributed by atoms with E-state index in [2.05, 4.69) is 76.1 Å². The highest BCUT2D eigenvalue weighted by atomic mass is 15.1. The standard InChI is InChI=1S/C21H24N4/c1-17-7-5-10-19(15-17)16-24-21-23-14-12-20(25-21)22-13-6-11-18-8-3-2-4-9-18/h2-5,7-10,12,14-15H,6,11,13,16H2,1H3,(H2,22,23,24,25). The minimum Gasteiger partial charge on any atom is -0.370 e. The molecule has 0 aliphatic heterocycles. The van der Waals surface area contributed by atoms with Gasteiger partial charge in [-0.25, -0.2) is 4.98 Å². The molecule has 0 spiro atoms. The fourth-order valence-corrected chi connectivity index (χ4v) is 2.70. The Kier molecular flexibility index (Phi) is 5.99. The molecule has 0 bridgehead atoms. The molecule has 128 valence electrons. The quantitative estimate of drug-likeness (QED) is 0.599. The monoisotopic (exact) mass is 332 g/mol. The Bertz CT molecular complexity index is 787. The number of aromatic nitrogens is 2. The van der Waals surface area contributed by atoms with Crippen molar-refractivity contribution in [2.24, 2.45) is 0 Å².